The van der Waals surface area contributed by atoms with Crippen LogP contribution in [-0.4, -0.2) is 18.5 Å². The van der Waals surface area contributed by atoms with Gasteiger partial charge < -0.3 is 10.6 Å². The van der Waals surface area contributed by atoms with Crippen LogP contribution < -0.4 is 10.6 Å². The molecule has 3 heteroatoms. The van der Waals surface area contributed by atoms with E-state index in [0.717, 1.165) is 0 Å². The molecule has 0 heterocycles. The molecule has 0 atom stereocenters. The van der Waals surface area contributed by atoms with Gasteiger partial charge in [-0.25, -0.2) is 0 Å². The second-order valence-electron chi connectivity index (χ2n) is 4.74. The van der Waals surface area contributed by atoms with Crippen LogP contribution in [0.4, 0.5) is 0 Å². The summed E-state index contributed by atoms with van der Waals surface area (Å²) < 4.78 is 0. The number of hydrogen-bond acceptors (Lipinski definition) is 2. The van der Waals surface area contributed by atoms with Gasteiger partial charge in [-0.2, -0.15) is 0 Å². The van der Waals surface area contributed by atoms with Crippen LogP contribution >= 0.6 is 0 Å². The van der Waals surface area contributed by atoms with E-state index in [2.05, 4.69) is 42.7 Å². The van der Waals surface area contributed by atoms with Crippen LogP contribution in [0.25, 0.3) is 0 Å². The van der Waals surface area contributed by atoms with Crippen molar-refractivity contribution in [3.05, 3.63) is 34.9 Å². The smallest absolute Gasteiger partial charge is 0.234 e. The first kappa shape index (κ1) is 13.7. The molecule has 17 heavy (non-hydrogen) atoms. The van der Waals surface area contributed by atoms with Gasteiger partial charge in [-0.05, 0) is 25.0 Å². The molecule has 0 aromatic heterocycles. The van der Waals surface area contributed by atoms with E-state index in [-0.39, 0.29) is 5.91 Å². The Bertz CT molecular complexity index is 386. The zero-order valence-electron chi connectivity index (χ0n) is 11.1. The van der Waals surface area contributed by atoms with Crippen LogP contribution in [0.5, 0.6) is 0 Å². The molecule has 0 bridgehead atoms. The third kappa shape index (κ3) is 5.00. The number of hydrogen-bond donors (Lipinski definition) is 2. The summed E-state index contributed by atoms with van der Waals surface area (Å²) in [6, 6.07) is 6.61. The van der Waals surface area contributed by atoms with Crippen LogP contribution in [0.3, 0.4) is 0 Å². The third-order valence-corrected chi connectivity index (χ3v) is 2.64. The highest BCUT2D eigenvalue weighted by molar-refractivity contribution is 5.78. The summed E-state index contributed by atoms with van der Waals surface area (Å²) in [5, 5.41) is 6.01. The monoisotopic (exact) mass is 234 g/mol. The maximum absolute atomic E-state index is 11.5. The molecule has 2 N–H and O–H groups in total. The highest BCUT2D eigenvalue weighted by Gasteiger charge is 2.03. The summed E-state index contributed by atoms with van der Waals surface area (Å²) >= 11 is 0. The molecule has 0 fully saturated rings. The quantitative estimate of drug-likeness (QED) is 0.817. The van der Waals surface area contributed by atoms with E-state index in [4.69, 9.17) is 0 Å². The lowest BCUT2D eigenvalue weighted by molar-refractivity contribution is -0.120. The van der Waals surface area contributed by atoms with Crippen LogP contribution in [0.2, 0.25) is 0 Å². The van der Waals surface area contributed by atoms with Crippen molar-refractivity contribution < 1.29 is 4.79 Å². The number of nitrogens with one attached hydrogen (secondary N) is 2. The standard InChI is InChI=1S/C14H22N2O/c1-10(2)15-9-14(17)16-8-13-6-5-11(3)7-12(13)4/h5-7,10,15H,8-9H2,1-4H3,(H,16,17). The lowest BCUT2D eigenvalue weighted by Gasteiger charge is -2.10. The second-order valence-corrected chi connectivity index (χ2v) is 4.74. The van der Waals surface area contributed by atoms with Crippen LogP contribution in [0, 0.1) is 13.8 Å². The minimum absolute atomic E-state index is 0.0404. The van der Waals surface area contributed by atoms with Crippen molar-refractivity contribution in [3.8, 4) is 0 Å². The van der Waals surface area contributed by atoms with E-state index in [1.54, 1.807) is 0 Å². The second kappa shape index (κ2) is 6.40. The normalized spacial score (nSPS) is 10.6. The Kier molecular flexibility index (Phi) is 5.16. The molecule has 94 valence electrons. The van der Waals surface area contributed by atoms with Gasteiger partial charge >= 0.3 is 0 Å². The molecule has 1 aromatic carbocycles. The number of aryl methyl sites for hydroxylation is 2. The van der Waals surface area contributed by atoms with Crippen LogP contribution in [0.1, 0.15) is 30.5 Å². The van der Waals surface area contributed by atoms with Gasteiger partial charge in [-0.3, -0.25) is 4.79 Å². The third-order valence-electron chi connectivity index (χ3n) is 2.64. The molecule has 0 saturated carbocycles. The Labute approximate surface area is 104 Å². The number of carbonyl (C=O) groups is 1. The molecule has 0 aliphatic heterocycles. The maximum atomic E-state index is 11.5. The van der Waals surface area contributed by atoms with Crippen molar-refractivity contribution in [2.24, 2.45) is 0 Å². The van der Waals surface area contributed by atoms with Gasteiger partial charge in [-0.15, -0.1) is 0 Å². The molecule has 0 unspecified atom stereocenters. The molecular formula is C14H22N2O. The first-order valence-corrected chi connectivity index (χ1v) is 6.05. The van der Waals surface area contributed by atoms with Crippen LogP contribution in [-0.2, 0) is 11.3 Å². The minimum atomic E-state index is 0.0404. The van der Waals surface area contributed by atoms with Crippen LogP contribution in [0.15, 0.2) is 18.2 Å². The first-order chi connectivity index (χ1) is 7.99. The van der Waals surface area contributed by atoms with E-state index >= 15 is 0 Å². The Morgan fingerprint density at radius 1 is 1.29 bits per heavy atom. The van der Waals surface area contributed by atoms with E-state index in [1.807, 2.05) is 13.8 Å². The van der Waals surface area contributed by atoms with Gasteiger partial charge in [-0.1, -0.05) is 37.6 Å². The highest BCUT2D eigenvalue weighted by atomic mass is 16.1. The van der Waals surface area contributed by atoms with Crippen molar-refractivity contribution >= 4 is 5.91 Å². The summed E-state index contributed by atoms with van der Waals surface area (Å²) in [4.78, 5) is 11.5. The molecule has 1 aromatic rings. The van der Waals surface area contributed by atoms with E-state index in [9.17, 15) is 4.79 Å². The topological polar surface area (TPSA) is 41.1 Å². The summed E-state index contributed by atoms with van der Waals surface area (Å²) in [6.07, 6.45) is 0. The summed E-state index contributed by atoms with van der Waals surface area (Å²) in [7, 11) is 0. The predicted molar refractivity (Wildman–Crippen MR) is 70.9 cm³/mol. The van der Waals surface area contributed by atoms with Gasteiger partial charge in [0.15, 0.2) is 0 Å². The average molecular weight is 234 g/mol. The zero-order chi connectivity index (χ0) is 12.8. The number of rotatable bonds is 5. The van der Waals surface area contributed by atoms with Gasteiger partial charge in [0.25, 0.3) is 0 Å². The average Bonchev–Trinajstić information content (AvgIpc) is 2.25. The van der Waals surface area contributed by atoms with Crippen molar-refractivity contribution in [1.29, 1.82) is 0 Å². The highest BCUT2D eigenvalue weighted by Crippen LogP contribution is 2.09. The Morgan fingerprint density at radius 2 is 2.00 bits per heavy atom. The lowest BCUT2D eigenvalue weighted by Crippen LogP contribution is -2.36. The molecule has 0 aliphatic carbocycles. The molecule has 0 spiro atoms. The maximum Gasteiger partial charge on any atom is 0.234 e. The molecule has 0 radical (unpaired) electrons. The molecule has 0 aliphatic rings. The number of carbonyl (C=O) groups excluding carboxylic acids is 1. The van der Waals surface area contributed by atoms with Crippen molar-refractivity contribution in [1.82, 2.24) is 10.6 Å². The Balaban J connectivity index is 2.42. The molecule has 1 rings (SSSR count). The molecule has 3 nitrogen and oxygen atoms in total. The van der Waals surface area contributed by atoms with E-state index in [1.165, 1.54) is 16.7 Å². The lowest BCUT2D eigenvalue weighted by atomic mass is 10.1. The number of benzene rings is 1. The fourth-order valence-electron chi connectivity index (χ4n) is 1.60. The first-order valence-electron chi connectivity index (χ1n) is 6.05. The largest absolute Gasteiger partial charge is 0.351 e. The molecule has 0 saturated heterocycles. The van der Waals surface area contributed by atoms with Crippen molar-refractivity contribution in [2.45, 2.75) is 40.3 Å². The zero-order valence-corrected chi connectivity index (χ0v) is 11.1. The van der Waals surface area contributed by atoms with Gasteiger partial charge in [0, 0.05) is 12.6 Å². The molecular weight excluding hydrogens is 212 g/mol. The van der Waals surface area contributed by atoms with E-state index in [0.29, 0.717) is 19.1 Å². The Morgan fingerprint density at radius 3 is 2.59 bits per heavy atom. The fraction of sp³-hybridized carbons (Fsp3) is 0.500. The van der Waals surface area contributed by atoms with Crippen molar-refractivity contribution in [3.63, 3.8) is 0 Å². The molecule has 1 amide bonds. The van der Waals surface area contributed by atoms with Gasteiger partial charge in [0.2, 0.25) is 5.91 Å². The Hall–Kier alpha value is -1.35. The van der Waals surface area contributed by atoms with E-state index < -0.39 is 0 Å². The van der Waals surface area contributed by atoms with Gasteiger partial charge in [0.1, 0.15) is 0 Å². The summed E-state index contributed by atoms with van der Waals surface area (Å²) in [6.45, 7) is 9.17. The summed E-state index contributed by atoms with van der Waals surface area (Å²) in [5.74, 6) is 0.0404. The number of amides is 1. The summed E-state index contributed by atoms with van der Waals surface area (Å²) in [5.41, 5.74) is 3.65. The predicted octanol–water partition coefficient (Wildman–Crippen LogP) is 1.92. The fourth-order valence-corrected chi connectivity index (χ4v) is 1.60. The van der Waals surface area contributed by atoms with Gasteiger partial charge in [0.05, 0.1) is 6.54 Å². The SMILES string of the molecule is Cc1ccc(CNC(=O)CNC(C)C)c(C)c1. The van der Waals surface area contributed by atoms with Crippen molar-refractivity contribution in [2.75, 3.05) is 6.54 Å². The minimum Gasteiger partial charge on any atom is -0.351 e.